The molecule has 2 heterocycles. The molecule has 0 aliphatic rings. The van der Waals surface area contributed by atoms with Crippen LogP contribution in [0.15, 0.2) is 45.1 Å². The van der Waals surface area contributed by atoms with Crippen LogP contribution in [0, 0.1) is 13.8 Å². The number of hydrogen-bond donors (Lipinski definition) is 1. The molecule has 24 heavy (non-hydrogen) atoms. The molecular formula is C16H15ClN2O3S2. The Morgan fingerprint density at radius 3 is 2.62 bits per heavy atom. The van der Waals surface area contributed by atoms with Crippen LogP contribution in [0.25, 0.3) is 10.6 Å². The van der Waals surface area contributed by atoms with Crippen molar-refractivity contribution in [3.63, 3.8) is 0 Å². The van der Waals surface area contributed by atoms with Gasteiger partial charge in [-0.25, -0.2) is 13.1 Å². The Kier molecular flexibility index (Phi) is 4.78. The Morgan fingerprint density at radius 2 is 1.96 bits per heavy atom. The first-order valence-electron chi connectivity index (χ1n) is 7.14. The molecule has 3 rings (SSSR count). The summed E-state index contributed by atoms with van der Waals surface area (Å²) in [6.45, 7) is 3.87. The summed E-state index contributed by atoms with van der Waals surface area (Å²) >= 11 is 7.19. The van der Waals surface area contributed by atoms with E-state index in [0.29, 0.717) is 10.8 Å². The summed E-state index contributed by atoms with van der Waals surface area (Å²) in [6, 6.07) is 10.4. The minimum Gasteiger partial charge on any atom is -0.355 e. The van der Waals surface area contributed by atoms with Crippen LogP contribution in [-0.4, -0.2) is 13.6 Å². The molecule has 0 fully saturated rings. The molecule has 0 saturated carbocycles. The van der Waals surface area contributed by atoms with Gasteiger partial charge in [0.05, 0.1) is 10.6 Å². The highest BCUT2D eigenvalue weighted by Crippen LogP contribution is 2.33. The van der Waals surface area contributed by atoms with Gasteiger partial charge in [-0.2, -0.15) is 0 Å². The Morgan fingerprint density at radius 1 is 1.21 bits per heavy atom. The molecule has 2 aromatic heterocycles. The maximum absolute atomic E-state index is 12.5. The Labute approximate surface area is 149 Å². The van der Waals surface area contributed by atoms with Gasteiger partial charge in [-0.05, 0) is 37.6 Å². The molecule has 0 atom stereocenters. The van der Waals surface area contributed by atoms with E-state index in [9.17, 15) is 8.42 Å². The van der Waals surface area contributed by atoms with Gasteiger partial charge in [0.2, 0.25) is 10.0 Å². The molecule has 0 aliphatic heterocycles. The lowest BCUT2D eigenvalue weighted by Gasteiger charge is -2.06. The molecule has 3 aromatic rings. The van der Waals surface area contributed by atoms with Crippen molar-refractivity contribution in [3.8, 4) is 10.6 Å². The Hall–Kier alpha value is -1.67. The first kappa shape index (κ1) is 17.2. The fourth-order valence-corrected chi connectivity index (χ4v) is 4.71. The van der Waals surface area contributed by atoms with Crippen molar-refractivity contribution in [2.24, 2.45) is 0 Å². The zero-order valence-corrected chi connectivity index (χ0v) is 15.4. The minimum absolute atomic E-state index is 0.135. The Bertz CT molecular complexity index is 977. The van der Waals surface area contributed by atoms with Gasteiger partial charge in [0, 0.05) is 17.1 Å². The van der Waals surface area contributed by atoms with Gasteiger partial charge < -0.3 is 4.52 Å². The fourth-order valence-electron chi connectivity index (χ4n) is 2.12. The standard InChI is InChI=1S/C16H15ClN2O3S2/c1-10-11(2)19-22-16(10)14-7-8-15(23-14)24(20,21)18-9-12-5-3-4-6-13(12)17/h3-8,18H,9H2,1-2H3. The maximum atomic E-state index is 12.5. The summed E-state index contributed by atoms with van der Waals surface area (Å²) in [7, 11) is -3.62. The first-order chi connectivity index (χ1) is 11.4. The molecule has 0 aliphatic carbocycles. The average Bonchev–Trinajstić information content (AvgIpc) is 3.15. The number of halogens is 1. The molecule has 5 nitrogen and oxygen atoms in total. The second kappa shape index (κ2) is 6.68. The SMILES string of the molecule is Cc1noc(-c2ccc(S(=O)(=O)NCc3ccccc3Cl)s2)c1C. The molecule has 1 aromatic carbocycles. The van der Waals surface area contributed by atoms with Gasteiger partial charge in [0.1, 0.15) is 4.21 Å². The lowest BCUT2D eigenvalue weighted by Crippen LogP contribution is -2.22. The summed E-state index contributed by atoms with van der Waals surface area (Å²) in [5, 5.41) is 4.43. The minimum atomic E-state index is -3.62. The highest BCUT2D eigenvalue weighted by Gasteiger charge is 2.20. The van der Waals surface area contributed by atoms with Crippen molar-refractivity contribution in [3.05, 3.63) is 58.2 Å². The monoisotopic (exact) mass is 382 g/mol. The van der Waals surface area contributed by atoms with Crippen molar-refractivity contribution in [2.75, 3.05) is 0 Å². The zero-order chi connectivity index (χ0) is 17.3. The number of aryl methyl sites for hydroxylation is 1. The summed E-state index contributed by atoms with van der Waals surface area (Å²) in [4.78, 5) is 0.728. The molecule has 0 saturated heterocycles. The van der Waals surface area contributed by atoms with Crippen molar-refractivity contribution in [1.29, 1.82) is 0 Å². The van der Waals surface area contributed by atoms with E-state index >= 15 is 0 Å². The average molecular weight is 383 g/mol. The molecule has 0 spiro atoms. The van der Waals surface area contributed by atoms with E-state index in [1.165, 1.54) is 0 Å². The highest BCUT2D eigenvalue weighted by molar-refractivity contribution is 7.91. The largest absolute Gasteiger partial charge is 0.355 e. The molecule has 1 N–H and O–H groups in total. The lowest BCUT2D eigenvalue weighted by atomic mass is 10.2. The van der Waals surface area contributed by atoms with Crippen molar-refractivity contribution < 1.29 is 12.9 Å². The van der Waals surface area contributed by atoms with E-state index in [0.717, 1.165) is 33.0 Å². The lowest BCUT2D eigenvalue weighted by molar-refractivity contribution is 0.427. The molecule has 8 heteroatoms. The summed E-state index contributed by atoms with van der Waals surface area (Å²) in [6.07, 6.45) is 0. The predicted molar refractivity (Wildman–Crippen MR) is 94.8 cm³/mol. The topological polar surface area (TPSA) is 72.2 Å². The molecule has 0 radical (unpaired) electrons. The zero-order valence-electron chi connectivity index (χ0n) is 13.0. The van der Waals surface area contributed by atoms with Crippen LogP contribution in [-0.2, 0) is 16.6 Å². The normalized spacial score (nSPS) is 11.8. The Balaban J connectivity index is 1.81. The van der Waals surface area contributed by atoms with Gasteiger partial charge in [-0.1, -0.05) is 35.0 Å². The molecule has 0 amide bonds. The van der Waals surface area contributed by atoms with E-state index in [1.807, 2.05) is 19.9 Å². The number of aromatic nitrogens is 1. The fraction of sp³-hybridized carbons (Fsp3) is 0.188. The van der Waals surface area contributed by atoms with Crippen molar-refractivity contribution >= 4 is 33.0 Å². The molecule has 0 bridgehead atoms. The van der Waals surface area contributed by atoms with Gasteiger partial charge in [-0.15, -0.1) is 11.3 Å². The third-order valence-electron chi connectivity index (χ3n) is 3.64. The van der Waals surface area contributed by atoms with Crippen molar-refractivity contribution in [1.82, 2.24) is 9.88 Å². The number of hydrogen-bond acceptors (Lipinski definition) is 5. The van der Waals surface area contributed by atoms with Gasteiger partial charge in [-0.3, -0.25) is 0 Å². The summed E-state index contributed by atoms with van der Waals surface area (Å²) < 4.78 is 33.0. The molecule has 126 valence electrons. The second-order valence-corrected chi connectivity index (χ2v) is 8.74. The number of nitrogens with zero attached hydrogens (tertiary/aromatic N) is 1. The first-order valence-corrected chi connectivity index (χ1v) is 9.82. The highest BCUT2D eigenvalue weighted by atomic mass is 35.5. The van der Waals surface area contributed by atoms with Crippen LogP contribution in [0.1, 0.15) is 16.8 Å². The van der Waals surface area contributed by atoms with E-state index in [1.54, 1.807) is 30.3 Å². The van der Waals surface area contributed by atoms with E-state index in [4.69, 9.17) is 16.1 Å². The number of nitrogens with one attached hydrogen (secondary N) is 1. The van der Waals surface area contributed by atoms with Crippen LogP contribution >= 0.6 is 22.9 Å². The molecular weight excluding hydrogens is 368 g/mol. The number of benzene rings is 1. The van der Waals surface area contributed by atoms with Crippen LogP contribution in [0.3, 0.4) is 0 Å². The van der Waals surface area contributed by atoms with Crippen LogP contribution in [0.5, 0.6) is 0 Å². The number of rotatable bonds is 5. The van der Waals surface area contributed by atoms with E-state index < -0.39 is 10.0 Å². The quantitative estimate of drug-likeness (QED) is 0.719. The summed E-state index contributed by atoms with van der Waals surface area (Å²) in [5.74, 6) is 0.602. The van der Waals surface area contributed by atoms with E-state index in [-0.39, 0.29) is 10.8 Å². The third kappa shape index (κ3) is 3.39. The van der Waals surface area contributed by atoms with Gasteiger partial charge >= 0.3 is 0 Å². The number of sulfonamides is 1. The number of thiophene rings is 1. The van der Waals surface area contributed by atoms with Crippen LogP contribution in [0.2, 0.25) is 5.02 Å². The van der Waals surface area contributed by atoms with Gasteiger partial charge in [0.25, 0.3) is 0 Å². The molecule has 0 unspecified atom stereocenters. The predicted octanol–water partition coefficient (Wildman–Crippen LogP) is 4.15. The smallest absolute Gasteiger partial charge is 0.250 e. The van der Waals surface area contributed by atoms with Gasteiger partial charge in [0.15, 0.2) is 5.76 Å². The second-order valence-electron chi connectivity index (χ2n) is 5.26. The van der Waals surface area contributed by atoms with Crippen LogP contribution < -0.4 is 4.72 Å². The van der Waals surface area contributed by atoms with E-state index in [2.05, 4.69) is 9.88 Å². The van der Waals surface area contributed by atoms with Crippen molar-refractivity contribution in [2.45, 2.75) is 24.6 Å². The summed E-state index contributed by atoms with van der Waals surface area (Å²) in [5.41, 5.74) is 2.42. The maximum Gasteiger partial charge on any atom is 0.250 e. The third-order valence-corrected chi connectivity index (χ3v) is 6.98. The van der Waals surface area contributed by atoms with Crippen LogP contribution in [0.4, 0.5) is 0 Å².